The first-order valence-corrected chi connectivity index (χ1v) is 13.2. The number of halogens is 2. The van der Waals surface area contributed by atoms with Crippen LogP contribution in [-0.4, -0.2) is 37.9 Å². The third-order valence-corrected chi connectivity index (χ3v) is 7.89. The number of aryl methyl sites for hydroxylation is 1. The summed E-state index contributed by atoms with van der Waals surface area (Å²) in [6, 6.07) is 14.0. The molecule has 0 saturated carbocycles. The van der Waals surface area contributed by atoms with E-state index >= 15 is 0 Å². The highest BCUT2D eigenvalue weighted by molar-refractivity contribution is 7.89. The molecule has 2 aromatic carbocycles. The molecule has 0 bridgehead atoms. The molecular formula is C28H24F2N4O3S. The Labute approximate surface area is 219 Å². The monoisotopic (exact) mass is 534 g/mol. The number of methoxy groups -OCH3 is 1. The number of nitrogens with zero attached hydrogens (tertiary/aromatic N) is 3. The maximum absolute atomic E-state index is 14.3. The van der Waals surface area contributed by atoms with Gasteiger partial charge in [-0.1, -0.05) is 19.1 Å². The zero-order valence-electron chi connectivity index (χ0n) is 20.9. The summed E-state index contributed by atoms with van der Waals surface area (Å²) < 4.78 is 61.3. The molecule has 4 aromatic rings. The number of dihydropyridines is 1. The van der Waals surface area contributed by atoms with Crippen molar-refractivity contribution in [2.45, 2.75) is 24.2 Å². The van der Waals surface area contributed by atoms with Gasteiger partial charge in [-0.05, 0) is 60.5 Å². The van der Waals surface area contributed by atoms with Gasteiger partial charge < -0.3 is 4.74 Å². The van der Waals surface area contributed by atoms with E-state index in [0.29, 0.717) is 6.07 Å². The highest BCUT2D eigenvalue weighted by Crippen LogP contribution is 2.35. The van der Waals surface area contributed by atoms with Crippen molar-refractivity contribution in [3.63, 3.8) is 0 Å². The second-order valence-corrected chi connectivity index (χ2v) is 10.9. The molecular weight excluding hydrogens is 510 g/mol. The van der Waals surface area contributed by atoms with Gasteiger partial charge in [0.1, 0.15) is 22.2 Å². The van der Waals surface area contributed by atoms with Crippen LogP contribution >= 0.6 is 0 Å². The van der Waals surface area contributed by atoms with Crippen molar-refractivity contribution in [3.8, 4) is 11.1 Å². The molecule has 1 aliphatic heterocycles. The minimum Gasteiger partial charge on any atom is -0.480 e. The van der Waals surface area contributed by atoms with Crippen molar-refractivity contribution >= 4 is 26.8 Å². The first-order chi connectivity index (χ1) is 18.1. The van der Waals surface area contributed by atoms with Crippen LogP contribution in [0.25, 0.3) is 22.0 Å². The van der Waals surface area contributed by atoms with Gasteiger partial charge in [0.05, 0.1) is 19.2 Å². The fourth-order valence-electron chi connectivity index (χ4n) is 4.44. The van der Waals surface area contributed by atoms with Crippen LogP contribution < -0.4 is 4.72 Å². The van der Waals surface area contributed by atoms with Crippen LogP contribution in [0, 0.1) is 18.6 Å². The Hall–Kier alpha value is -4.18. The summed E-state index contributed by atoms with van der Waals surface area (Å²) in [7, 11) is -3.03. The first kappa shape index (κ1) is 25.5. The number of rotatable bonds is 5. The van der Waals surface area contributed by atoms with Gasteiger partial charge in [-0.15, -0.1) is 0 Å². The second-order valence-electron chi connectivity index (χ2n) is 9.26. The number of benzene rings is 2. The van der Waals surface area contributed by atoms with Gasteiger partial charge in [0.15, 0.2) is 0 Å². The highest BCUT2D eigenvalue weighted by atomic mass is 32.2. The van der Waals surface area contributed by atoms with E-state index in [4.69, 9.17) is 4.74 Å². The lowest BCUT2D eigenvalue weighted by Crippen LogP contribution is -2.36. The van der Waals surface area contributed by atoms with Crippen LogP contribution in [0.2, 0.25) is 0 Å². The molecule has 194 valence electrons. The summed E-state index contributed by atoms with van der Waals surface area (Å²) in [5.41, 5.74) is 3.79. The van der Waals surface area contributed by atoms with Gasteiger partial charge in [-0.3, -0.25) is 14.7 Å². The Balaban J connectivity index is 1.57. The number of fused-ring (bicyclic) bond motifs is 1. The number of aromatic nitrogens is 2. The lowest BCUT2D eigenvalue weighted by Gasteiger charge is -2.30. The molecule has 0 aliphatic carbocycles. The molecule has 1 aliphatic rings. The van der Waals surface area contributed by atoms with Gasteiger partial charge in [0, 0.05) is 40.5 Å². The van der Waals surface area contributed by atoms with E-state index in [9.17, 15) is 17.2 Å². The van der Waals surface area contributed by atoms with E-state index in [1.807, 2.05) is 56.4 Å². The average molecular weight is 535 g/mol. The summed E-state index contributed by atoms with van der Waals surface area (Å²) in [5, 5.41) is 0.905. The predicted octanol–water partition coefficient (Wildman–Crippen LogP) is 5.06. The first-order valence-electron chi connectivity index (χ1n) is 11.7. The number of sulfonamides is 1. The van der Waals surface area contributed by atoms with Crippen molar-refractivity contribution < 1.29 is 21.9 Å². The molecule has 0 radical (unpaired) electrons. The smallest absolute Gasteiger partial charge is 0.264 e. The van der Waals surface area contributed by atoms with E-state index in [2.05, 4.69) is 19.7 Å². The number of nitrogens with one attached hydrogen (secondary N) is 1. The Morgan fingerprint density at radius 2 is 1.84 bits per heavy atom. The summed E-state index contributed by atoms with van der Waals surface area (Å²) in [6.45, 7) is 4.12. The summed E-state index contributed by atoms with van der Waals surface area (Å²) >= 11 is 0. The number of hydrogen-bond acceptors (Lipinski definition) is 6. The van der Waals surface area contributed by atoms with Crippen LogP contribution in [0.1, 0.15) is 18.2 Å². The van der Waals surface area contributed by atoms with Gasteiger partial charge in [0.25, 0.3) is 10.0 Å². The van der Waals surface area contributed by atoms with Crippen molar-refractivity contribution in [2.24, 2.45) is 4.99 Å². The Morgan fingerprint density at radius 3 is 2.55 bits per heavy atom. The maximum Gasteiger partial charge on any atom is 0.264 e. The van der Waals surface area contributed by atoms with Crippen LogP contribution in [-0.2, 0) is 20.2 Å². The van der Waals surface area contributed by atoms with Gasteiger partial charge in [-0.2, -0.15) is 0 Å². The lowest BCUT2D eigenvalue weighted by molar-refractivity contribution is 0.391. The lowest BCUT2D eigenvalue weighted by atomic mass is 9.79. The minimum atomic E-state index is -4.40. The third kappa shape index (κ3) is 4.74. The zero-order chi connectivity index (χ0) is 27.1. The fraction of sp³-hybridized carbons (Fsp3) is 0.179. The minimum absolute atomic E-state index is 0.0548. The molecule has 0 amide bonds. The molecule has 2 aromatic heterocycles. The fourth-order valence-corrected chi connectivity index (χ4v) is 5.55. The van der Waals surface area contributed by atoms with E-state index in [-0.39, 0.29) is 18.1 Å². The molecule has 10 heteroatoms. The van der Waals surface area contributed by atoms with Crippen LogP contribution in [0.4, 0.5) is 8.78 Å². The molecule has 5 rings (SSSR count). The number of aliphatic imine (C=N–C) groups is 1. The van der Waals surface area contributed by atoms with Crippen molar-refractivity contribution in [1.82, 2.24) is 14.7 Å². The molecule has 0 fully saturated rings. The molecule has 0 saturated heterocycles. The third-order valence-electron chi connectivity index (χ3n) is 6.49. The van der Waals surface area contributed by atoms with Crippen LogP contribution in [0.15, 0.2) is 88.7 Å². The highest BCUT2D eigenvalue weighted by Gasteiger charge is 2.33. The SMILES string of the molecule is COC1=NCC(C)(c2ccc3nccc(-c4ccc(C)nc4)c3c2)C=C1NS(=O)(=O)c1ccc(F)cc1F. The molecule has 1 atom stereocenters. The predicted molar refractivity (Wildman–Crippen MR) is 141 cm³/mol. The van der Waals surface area contributed by atoms with Crippen LogP contribution in [0.3, 0.4) is 0 Å². The Morgan fingerprint density at radius 1 is 1.03 bits per heavy atom. The number of hydrogen-bond donors (Lipinski definition) is 1. The number of pyridine rings is 2. The van der Waals surface area contributed by atoms with E-state index in [1.54, 1.807) is 12.3 Å². The standard InChI is InChI=1S/C28H24F2N4O3S/c1-17-4-5-18(15-32-17)21-10-11-31-24-8-6-19(12-22(21)24)28(2)14-25(27(37-3)33-16-28)34-38(35,36)26-9-7-20(29)13-23(26)30/h4-15,34H,16H2,1-3H3. The van der Waals surface area contributed by atoms with Crippen molar-refractivity contribution in [3.05, 3.63) is 102 Å². The summed E-state index contributed by atoms with van der Waals surface area (Å²) in [5.74, 6) is -2.02. The largest absolute Gasteiger partial charge is 0.480 e. The quantitative estimate of drug-likeness (QED) is 0.386. The van der Waals surface area contributed by atoms with Crippen molar-refractivity contribution in [2.75, 3.05) is 13.7 Å². The molecule has 0 spiro atoms. The second kappa shape index (κ2) is 9.60. The van der Waals surface area contributed by atoms with E-state index < -0.39 is 32.0 Å². The molecule has 38 heavy (non-hydrogen) atoms. The van der Waals surface area contributed by atoms with Gasteiger partial charge in [0.2, 0.25) is 5.90 Å². The summed E-state index contributed by atoms with van der Waals surface area (Å²) in [4.78, 5) is 12.7. The van der Waals surface area contributed by atoms with Crippen molar-refractivity contribution in [1.29, 1.82) is 0 Å². The molecule has 1 unspecified atom stereocenters. The zero-order valence-corrected chi connectivity index (χ0v) is 21.7. The normalized spacial score (nSPS) is 17.6. The molecule has 1 N–H and O–H groups in total. The van der Waals surface area contributed by atoms with Gasteiger partial charge in [-0.25, -0.2) is 22.2 Å². The van der Waals surface area contributed by atoms with E-state index in [0.717, 1.165) is 45.4 Å². The summed E-state index contributed by atoms with van der Waals surface area (Å²) in [6.07, 6.45) is 5.26. The van der Waals surface area contributed by atoms with E-state index in [1.165, 1.54) is 7.11 Å². The maximum atomic E-state index is 14.3. The Kier molecular flexibility index (Phi) is 6.44. The number of ether oxygens (including phenoxy) is 1. The average Bonchev–Trinajstić information content (AvgIpc) is 2.88. The molecule has 3 heterocycles. The topological polar surface area (TPSA) is 93.5 Å². The molecule has 7 nitrogen and oxygen atoms in total. The van der Waals surface area contributed by atoms with Gasteiger partial charge >= 0.3 is 0 Å². The van der Waals surface area contributed by atoms with Crippen LogP contribution in [0.5, 0.6) is 0 Å². The Bertz CT molecular complexity index is 1720.